The van der Waals surface area contributed by atoms with Crippen molar-refractivity contribution in [3.63, 3.8) is 0 Å². The molecule has 1 fully saturated rings. The lowest BCUT2D eigenvalue weighted by atomic mass is 10.5. The summed E-state index contributed by atoms with van der Waals surface area (Å²) in [6.07, 6.45) is 0. The first kappa shape index (κ1) is 7.93. The highest BCUT2D eigenvalue weighted by Gasteiger charge is 2.26. The number of hydrogen-bond donors (Lipinski definition) is 1. The lowest BCUT2D eigenvalue weighted by Crippen LogP contribution is -2.41. The highest BCUT2D eigenvalue weighted by atomic mass is 32.2. The van der Waals surface area contributed by atoms with E-state index in [9.17, 15) is 8.42 Å². The number of ether oxygens (including phenoxy) is 1. The maximum absolute atomic E-state index is 10.4. The molecule has 1 saturated heterocycles. The summed E-state index contributed by atoms with van der Waals surface area (Å²) in [4.78, 5) is 0. The standard InChI is InChI=1S/C4H8NO4S/c6-10(7,8)4-3-9-2-1-5-4/h4H,1-3H2,(H,6,7,8). The lowest BCUT2D eigenvalue weighted by molar-refractivity contribution is 0.0934. The summed E-state index contributed by atoms with van der Waals surface area (Å²) >= 11 is 0. The van der Waals surface area contributed by atoms with Crippen molar-refractivity contribution in [3.8, 4) is 0 Å². The largest absolute Gasteiger partial charge is 0.377 e. The van der Waals surface area contributed by atoms with Crippen molar-refractivity contribution < 1.29 is 17.7 Å². The van der Waals surface area contributed by atoms with Crippen molar-refractivity contribution >= 4 is 10.1 Å². The van der Waals surface area contributed by atoms with Crippen molar-refractivity contribution in [2.45, 2.75) is 5.37 Å². The molecular formula is C4H8NO4S. The minimum atomic E-state index is -4.02. The quantitative estimate of drug-likeness (QED) is 0.498. The Hall–Kier alpha value is -0.170. The molecule has 59 valence electrons. The molecule has 1 aliphatic heterocycles. The van der Waals surface area contributed by atoms with Gasteiger partial charge in [0.25, 0.3) is 10.1 Å². The maximum Gasteiger partial charge on any atom is 0.284 e. The second-order valence-corrected chi connectivity index (χ2v) is 3.52. The van der Waals surface area contributed by atoms with Gasteiger partial charge in [-0.2, -0.15) is 8.42 Å². The number of rotatable bonds is 1. The average molecular weight is 166 g/mol. The highest BCUT2D eigenvalue weighted by molar-refractivity contribution is 7.86. The molecule has 1 radical (unpaired) electrons. The summed E-state index contributed by atoms with van der Waals surface area (Å²) < 4.78 is 34.0. The van der Waals surface area contributed by atoms with Gasteiger partial charge in [0.15, 0.2) is 5.37 Å². The van der Waals surface area contributed by atoms with Crippen LogP contribution in [0.1, 0.15) is 0 Å². The number of morpholine rings is 1. The molecular weight excluding hydrogens is 158 g/mol. The van der Waals surface area contributed by atoms with Crippen LogP contribution in [0.25, 0.3) is 0 Å². The average Bonchev–Trinajstić information content (AvgIpc) is 1.88. The summed E-state index contributed by atoms with van der Waals surface area (Å²) in [6, 6.07) is 0. The fraction of sp³-hybridized carbons (Fsp3) is 1.00. The SMILES string of the molecule is O=S(=O)(O)C1COCC[N]1. The van der Waals surface area contributed by atoms with Gasteiger partial charge in [0.2, 0.25) is 0 Å². The molecule has 0 spiro atoms. The molecule has 1 atom stereocenters. The second kappa shape index (κ2) is 2.83. The van der Waals surface area contributed by atoms with E-state index in [2.05, 4.69) is 5.32 Å². The van der Waals surface area contributed by atoms with Gasteiger partial charge in [0, 0.05) is 6.54 Å². The molecule has 6 heteroatoms. The van der Waals surface area contributed by atoms with Crippen molar-refractivity contribution in [2.75, 3.05) is 19.8 Å². The van der Waals surface area contributed by atoms with E-state index in [0.717, 1.165) is 0 Å². The van der Waals surface area contributed by atoms with E-state index in [1.54, 1.807) is 0 Å². The van der Waals surface area contributed by atoms with Crippen LogP contribution < -0.4 is 5.32 Å². The van der Waals surface area contributed by atoms with E-state index >= 15 is 0 Å². The first-order valence-electron chi connectivity index (χ1n) is 2.81. The molecule has 0 aromatic rings. The van der Waals surface area contributed by atoms with Crippen molar-refractivity contribution in [2.24, 2.45) is 0 Å². The van der Waals surface area contributed by atoms with Crippen molar-refractivity contribution in [1.82, 2.24) is 5.32 Å². The van der Waals surface area contributed by atoms with E-state index in [1.165, 1.54) is 0 Å². The normalized spacial score (nSPS) is 28.3. The zero-order chi connectivity index (χ0) is 7.61. The zero-order valence-electron chi connectivity index (χ0n) is 5.23. The minimum absolute atomic E-state index is 0.0289. The molecule has 0 amide bonds. The van der Waals surface area contributed by atoms with E-state index < -0.39 is 15.5 Å². The van der Waals surface area contributed by atoms with Crippen LogP contribution in [0, 0.1) is 0 Å². The Bertz CT molecular complexity index is 193. The molecule has 0 bridgehead atoms. The molecule has 1 rings (SSSR count). The molecule has 1 aliphatic rings. The van der Waals surface area contributed by atoms with Gasteiger partial charge in [0.1, 0.15) is 0 Å². The van der Waals surface area contributed by atoms with Crippen LogP contribution in [-0.2, 0) is 14.9 Å². The maximum atomic E-state index is 10.4. The Morgan fingerprint density at radius 1 is 1.60 bits per heavy atom. The first-order chi connectivity index (χ1) is 4.61. The zero-order valence-corrected chi connectivity index (χ0v) is 6.04. The van der Waals surface area contributed by atoms with Gasteiger partial charge < -0.3 is 4.74 Å². The summed E-state index contributed by atoms with van der Waals surface area (Å²) in [6.45, 7) is 0.745. The summed E-state index contributed by atoms with van der Waals surface area (Å²) in [7, 11) is -4.02. The van der Waals surface area contributed by atoms with Crippen LogP contribution in [0.2, 0.25) is 0 Å². The first-order valence-corrected chi connectivity index (χ1v) is 4.31. The van der Waals surface area contributed by atoms with Gasteiger partial charge in [-0.25, -0.2) is 5.32 Å². The predicted molar refractivity (Wildman–Crippen MR) is 33.2 cm³/mol. The minimum Gasteiger partial charge on any atom is -0.377 e. The fourth-order valence-electron chi connectivity index (χ4n) is 0.678. The Balaban J connectivity index is 2.56. The van der Waals surface area contributed by atoms with Gasteiger partial charge in [-0.05, 0) is 0 Å². The summed E-state index contributed by atoms with van der Waals surface area (Å²) in [5.74, 6) is 0. The van der Waals surface area contributed by atoms with E-state index in [0.29, 0.717) is 13.2 Å². The topological polar surface area (TPSA) is 77.7 Å². The van der Waals surface area contributed by atoms with Crippen LogP contribution in [0.5, 0.6) is 0 Å². The third-order valence-corrected chi connectivity index (χ3v) is 2.15. The van der Waals surface area contributed by atoms with Crippen molar-refractivity contribution in [3.05, 3.63) is 0 Å². The number of nitrogens with zero attached hydrogens (tertiary/aromatic N) is 1. The van der Waals surface area contributed by atoms with Crippen LogP contribution in [0.4, 0.5) is 0 Å². The van der Waals surface area contributed by atoms with E-state index in [-0.39, 0.29) is 6.61 Å². The summed E-state index contributed by atoms with van der Waals surface area (Å²) in [5, 5.41) is 2.57. The third-order valence-electron chi connectivity index (χ3n) is 1.17. The second-order valence-electron chi connectivity index (χ2n) is 1.95. The molecule has 0 aliphatic carbocycles. The third kappa shape index (κ3) is 1.91. The molecule has 10 heavy (non-hydrogen) atoms. The Morgan fingerprint density at radius 2 is 2.30 bits per heavy atom. The highest BCUT2D eigenvalue weighted by Crippen LogP contribution is 2.00. The van der Waals surface area contributed by atoms with Crippen LogP contribution in [0.15, 0.2) is 0 Å². The Labute approximate surface area is 59.1 Å². The van der Waals surface area contributed by atoms with Crippen LogP contribution in [0.3, 0.4) is 0 Å². The van der Waals surface area contributed by atoms with Crippen LogP contribution >= 0.6 is 0 Å². The molecule has 0 aromatic carbocycles. The van der Waals surface area contributed by atoms with Gasteiger partial charge in [-0.15, -0.1) is 0 Å². The van der Waals surface area contributed by atoms with Gasteiger partial charge in [-0.1, -0.05) is 0 Å². The van der Waals surface area contributed by atoms with E-state index in [1.807, 2.05) is 0 Å². The van der Waals surface area contributed by atoms with Gasteiger partial charge >= 0.3 is 0 Å². The fourth-order valence-corrected chi connectivity index (χ4v) is 1.24. The predicted octanol–water partition coefficient (Wildman–Crippen LogP) is -1.17. The molecule has 1 unspecified atom stereocenters. The molecule has 1 heterocycles. The summed E-state index contributed by atoms with van der Waals surface area (Å²) in [5.41, 5.74) is 0. The van der Waals surface area contributed by atoms with Crippen LogP contribution in [-0.4, -0.2) is 38.1 Å². The molecule has 0 saturated carbocycles. The van der Waals surface area contributed by atoms with Gasteiger partial charge in [-0.3, -0.25) is 4.55 Å². The van der Waals surface area contributed by atoms with E-state index in [4.69, 9.17) is 9.29 Å². The van der Waals surface area contributed by atoms with Crippen molar-refractivity contribution in [1.29, 1.82) is 0 Å². The smallest absolute Gasteiger partial charge is 0.284 e. The number of hydrogen-bond acceptors (Lipinski definition) is 3. The molecule has 0 aromatic heterocycles. The Morgan fingerprint density at radius 3 is 2.60 bits per heavy atom. The molecule has 1 N–H and O–H groups in total. The molecule has 5 nitrogen and oxygen atoms in total. The monoisotopic (exact) mass is 166 g/mol. The van der Waals surface area contributed by atoms with Gasteiger partial charge in [0.05, 0.1) is 13.2 Å². The lowest BCUT2D eigenvalue weighted by Gasteiger charge is -2.18. The Kier molecular flexibility index (Phi) is 2.24.